The van der Waals surface area contributed by atoms with Gasteiger partial charge in [-0.2, -0.15) is 0 Å². The molecule has 2 aliphatic rings. The van der Waals surface area contributed by atoms with Crippen molar-refractivity contribution < 1.29 is 4.79 Å². The molecule has 0 spiro atoms. The fourth-order valence-corrected chi connectivity index (χ4v) is 3.48. The van der Waals surface area contributed by atoms with Crippen molar-refractivity contribution in [2.45, 2.75) is 38.6 Å². The lowest BCUT2D eigenvalue weighted by atomic mass is 9.88. The van der Waals surface area contributed by atoms with Crippen LogP contribution in [0.15, 0.2) is 24.5 Å². The Balaban J connectivity index is 1.47. The van der Waals surface area contributed by atoms with Crippen molar-refractivity contribution in [1.29, 1.82) is 0 Å². The van der Waals surface area contributed by atoms with E-state index in [0.717, 1.165) is 45.6 Å². The number of hydrogen-bond donors (Lipinski definition) is 0. The number of pyridine rings is 1. The first-order chi connectivity index (χ1) is 10.3. The van der Waals surface area contributed by atoms with Crippen LogP contribution in [-0.4, -0.2) is 46.9 Å². The molecule has 21 heavy (non-hydrogen) atoms. The zero-order valence-electron chi connectivity index (χ0n) is 12.7. The van der Waals surface area contributed by atoms with E-state index in [9.17, 15) is 4.79 Å². The zero-order valence-corrected chi connectivity index (χ0v) is 12.7. The van der Waals surface area contributed by atoms with Crippen LogP contribution in [0.3, 0.4) is 0 Å². The fraction of sp³-hybridized carbons (Fsp3) is 0.647. The van der Waals surface area contributed by atoms with Crippen LogP contribution < -0.4 is 0 Å². The van der Waals surface area contributed by atoms with E-state index < -0.39 is 0 Å². The molecule has 114 valence electrons. The second-order valence-corrected chi connectivity index (χ2v) is 6.30. The third-order valence-corrected chi connectivity index (χ3v) is 4.77. The molecular weight excluding hydrogens is 262 g/mol. The van der Waals surface area contributed by atoms with E-state index in [1.54, 1.807) is 0 Å². The van der Waals surface area contributed by atoms with Gasteiger partial charge in [0.1, 0.15) is 0 Å². The first-order valence-corrected chi connectivity index (χ1v) is 8.23. The Morgan fingerprint density at radius 3 is 2.57 bits per heavy atom. The predicted octanol–water partition coefficient (Wildman–Crippen LogP) is 2.31. The Morgan fingerprint density at radius 1 is 1.14 bits per heavy atom. The molecule has 2 fully saturated rings. The highest BCUT2D eigenvalue weighted by atomic mass is 16.2. The maximum absolute atomic E-state index is 12.5. The van der Waals surface area contributed by atoms with Gasteiger partial charge >= 0.3 is 0 Å². The molecule has 0 unspecified atom stereocenters. The number of nitrogens with zero attached hydrogens (tertiary/aromatic N) is 3. The van der Waals surface area contributed by atoms with E-state index in [0.29, 0.717) is 11.8 Å². The minimum Gasteiger partial charge on any atom is -0.340 e. The Bertz CT molecular complexity index is 448. The first kappa shape index (κ1) is 14.5. The summed E-state index contributed by atoms with van der Waals surface area (Å²) in [5.74, 6) is 0.722. The topological polar surface area (TPSA) is 36.4 Å². The minimum absolute atomic E-state index is 0.309. The summed E-state index contributed by atoms with van der Waals surface area (Å²) in [6.07, 6.45) is 9.73. The largest absolute Gasteiger partial charge is 0.340 e. The maximum Gasteiger partial charge on any atom is 0.225 e. The van der Waals surface area contributed by atoms with Crippen LogP contribution >= 0.6 is 0 Å². The number of amides is 1. The lowest BCUT2D eigenvalue weighted by Crippen LogP contribution is -2.50. The molecule has 2 heterocycles. The van der Waals surface area contributed by atoms with Crippen LogP contribution in [-0.2, 0) is 11.3 Å². The van der Waals surface area contributed by atoms with Gasteiger partial charge in [-0.3, -0.25) is 14.7 Å². The van der Waals surface area contributed by atoms with Crippen molar-refractivity contribution in [3.8, 4) is 0 Å². The average molecular weight is 287 g/mol. The van der Waals surface area contributed by atoms with Gasteiger partial charge < -0.3 is 4.90 Å². The summed E-state index contributed by atoms with van der Waals surface area (Å²) in [6.45, 7) is 4.67. The molecule has 0 atom stereocenters. The van der Waals surface area contributed by atoms with Crippen molar-refractivity contribution in [2.24, 2.45) is 5.92 Å². The van der Waals surface area contributed by atoms with E-state index in [2.05, 4.69) is 20.9 Å². The van der Waals surface area contributed by atoms with Crippen LogP contribution in [0, 0.1) is 5.92 Å². The van der Waals surface area contributed by atoms with Gasteiger partial charge in [-0.1, -0.05) is 25.3 Å². The summed E-state index contributed by atoms with van der Waals surface area (Å²) in [6, 6.07) is 4.10. The third-order valence-electron chi connectivity index (χ3n) is 4.77. The van der Waals surface area contributed by atoms with Crippen LogP contribution in [0.2, 0.25) is 0 Å². The van der Waals surface area contributed by atoms with Gasteiger partial charge in [0, 0.05) is 51.0 Å². The molecule has 0 bridgehead atoms. The summed E-state index contributed by atoms with van der Waals surface area (Å²) in [4.78, 5) is 21.2. The first-order valence-electron chi connectivity index (χ1n) is 8.23. The number of carbonyl (C=O) groups excluding carboxylic acids is 1. The third kappa shape index (κ3) is 3.82. The second-order valence-electron chi connectivity index (χ2n) is 6.30. The molecule has 0 radical (unpaired) electrons. The van der Waals surface area contributed by atoms with Crippen molar-refractivity contribution in [3.63, 3.8) is 0 Å². The molecule has 1 amide bonds. The Kier molecular flexibility index (Phi) is 4.86. The number of aromatic nitrogens is 1. The van der Waals surface area contributed by atoms with Gasteiger partial charge in [-0.25, -0.2) is 0 Å². The SMILES string of the molecule is O=C(C1CCCCC1)N1CCN(Cc2cccnc2)CC1. The van der Waals surface area contributed by atoms with E-state index >= 15 is 0 Å². The summed E-state index contributed by atoms with van der Waals surface area (Å²) in [5.41, 5.74) is 1.25. The molecule has 1 aliphatic heterocycles. The molecule has 4 heteroatoms. The summed E-state index contributed by atoms with van der Waals surface area (Å²) < 4.78 is 0. The number of carbonyl (C=O) groups is 1. The molecule has 1 saturated carbocycles. The van der Waals surface area contributed by atoms with Crippen molar-refractivity contribution >= 4 is 5.91 Å². The molecule has 1 aromatic heterocycles. The minimum atomic E-state index is 0.309. The second kappa shape index (κ2) is 7.03. The lowest BCUT2D eigenvalue weighted by molar-refractivity contribution is -0.138. The van der Waals surface area contributed by atoms with Crippen LogP contribution in [0.5, 0.6) is 0 Å². The van der Waals surface area contributed by atoms with Crippen LogP contribution in [0.4, 0.5) is 0 Å². The van der Waals surface area contributed by atoms with Crippen molar-refractivity contribution in [2.75, 3.05) is 26.2 Å². The average Bonchev–Trinajstić information content (AvgIpc) is 2.57. The molecule has 0 N–H and O–H groups in total. The molecule has 1 aromatic rings. The highest BCUT2D eigenvalue weighted by Crippen LogP contribution is 2.25. The fourth-order valence-electron chi connectivity index (χ4n) is 3.48. The van der Waals surface area contributed by atoms with Crippen molar-refractivity contribution in [3.05, 3.63) is 30.1 Å². The maximum atomic E-state index is 12.5. The number of rotatable bonds is 3. The summed E-state index contributed by atoms with van der Waals surface area (Å²) in [7, 11) is 0. The van der Waals surface area contributed by atoms with E-state index in [4.69, 9.17) is 0 Å². The van der Waals surface area contributed by atoms with Crippen LogP contribution in [0.1, 0.15) is 37.7 Å². The predicted molar refractivity (Wildman–Crippen MR) is 82.7 cm³/mol. The van der Waals surface area contributed by atoms with Gasteiger partial charge in [-0.05, 0) is 24.5 Å². The van der Waals surface area contributed by atoms with Gasteiger partial charge in [-0.15, -0.1) is 0 Å². The van der Waals surface area contributed by atoms with Gasteiger partial charge in [0.2, 0.25) is 5.91 Å². The normalized spacial score (nSPS) is 21.4. The van der Waals surface area contributed by atoms with E-state index in [1.807, 2.05) is 18.5 Å². The van der Waals surface area contributed by atoms with E-state index in [1.165, 1.54) is 24.8 Å². The number of hydrogen-bond acceptors (Lipinski definition) is 3. The molecule has 1 aliphatic carbocycles. The molecule has 4 nitrogen and oxygen atoms in total. The van der Waals surface area contributed by atoms with Gasteiger partial charge in [0.05, 0.1) is 0 Å². The smallest absolute Gasteiger partial charge is 0.225 e. The van der Waals surface area contributed by atoms with E-state index in [-0.39, 0.29) is 0 Å². The standard InChI is InChI=1S/C17H25N3O/c21-17(16-6-2-1-3-7-16)20-11-9-19(10-12-20)14-15-5-4-8-18-13-15/h4-5,8,13,16H,1-3,6-7,9-12,14H2. The highest BCUT2D eigenvalue weighted by molar-refractivity contribution is 5.79. The highest BCUT2D eigenvalue weighted by Gasteiger charge is 2.28. The Morgan fingerprint density at radius 2 is 1.90 bits per heavy atom. The monoisotopic (exact) mass is 287 g/mol. The van der Waals surface area contributed by atoms with Crippen LogP contribution in [0.25, 0.3) is 0 Å². The summed E-state index contributed by atoms with van der Waals surface area (Å²) >= 11 is 0. The van der Waals surface area contributed by atoms with Gasteiger partial charge in [0.15, 0.2) is 0 Å². The summed E-state index contributed by atoms with van der Waals surface area (Å²) in [5, 5.41) is 0. The number of piperazine rings is 1. The zero-order chi connectivity index (χ0) is 14.5. The molecule has 1 saturated heterocycles. The lowest BCUT2D eigenvalue weighted by Gasteiger charge is -2.37. The Labute approximate surface area is 127 Å². The van der Waals surface area contributed by atoms with Gasteiger partial charge in [0.25, 0.3) is 0 Å². The Hall–Kier alpha value is -1.42. The van der Waals surface area contributed by atoms with Crippen molar-refractivity contribution in [1.82, 2.24) is 14.8 Å². The molecule has 0 aromatic carbocycles. The quantitative estimate of drug-likeness (QED) is 0.856. The molecule has 3 rings (SSSR count). The molecular formula is C17H25N3O.